The van der Waals surface area contributed by atoms with Crippen LogP contribution in [0.15, 0.2) is 36.9 Å². The maximum absolute atomic E-state index is 12.9. The predicted octanol–water partition coefficient (Wildman–Crippen LogP) is 3.69. The molecule has 1 unspecified atom stereocenters. The van der Waals surface area contributed by atoms with E-state index in [1.54, 1.807) is 46.2 Å². The van der Waals surface area contributed by atoms with Crippen molar-refractivity contribution < 1.29 is 9.72 Å². The van der Waals surface area contributed by atoms with E-state index >= 15 is 0 Å². The third-order valence-corrected chi connectivity index (χ3v) is 5.66. The molecule has 1 atom stereocenters. The van der Waals surface area contributed by atoms with E-state index in [0.29, 0.717) is 5.69 Å². The zero-order valence-electron chi connectivity index (χ0n) is 15.4. The maximum Gasteiger partial charge on any atom is 0.294 e. The van der Waals surface area contributed by atoms with Gasteiger partial charge in [-0.3, -0.25) is 14.9 Å². The van der Waals surface area contributed by atoms with Crippen LogP contribution >= 0.6 is 11.3 Å². The number of hydrogen-bond acceptors (Lipinski definition) is 6. The van der Waals surface area contributed by atoms with Crippen molar-refractivity contribution in [1.29, 1.82) is 0 Å². The molecule has 27 heavy (non-hydrogen) atoms. The second kappa shape index (κ2) is 7.28. The molecule has 0 N–H and O–H groups in total. The first-order valence-electron chi connectivity index (χ1n) is 8.27. The van der Waals surface area contributed by atoms with Gasteiger partial charge in [0.25, 0.3) is 11.6 Å². The van der Waals surface area contributed by atoms with Crippen molar-refractivity contribution in [3.05, 3.63) is 68.2 Å². The molecule has 0 spiro atoms. The number of benzene rings is 1. The van der Waals surface area contributed by atoms with Crippen LogP contribution in [0.2, 0.25) is 0 Å². The number of imidazole rings is 1. The Hall–Kier alpha value is -3.07. The SMILES string of the molecule is Cc1nc(C)c(C(C)N(C)C(=O)c2ccc(-n3ccnc3)c([N+](=O)[O-])c2)s1. The van der Waals surface area contributed by atoms with E-state index < -0.39 is 4.92 Å². The van der Waals surface area contributed by atoms with E-state index in [0.717, 1.165) is 15.6 Å². The monoisotopic (exact) mass is 385 g/mol. The summed E-state index contributed by atoms with van der Waals surface area (Å²) >= 11 is 1.55. The molecule has 3 rings (SSSR count). The van der Waals surface area contributed by atoms with Crippen LogP contribution in [0.25, 0.3) is 5.69 Å². The fourth-order valence-corrected chi connectivity index (χ4v) is 3.94. The zero-order valence-corrected chi connectivity index (χ0v) is 16.2. The number of nitro benzene ring substituents is 1. The van der Waals surface area contributed by atoms with Gasteiger partial charge >= 0.3 is 0 Å². The van der Waals surface area contributed by atoms with Gasteiger partial charge in [-0.05, 0) is 32.9 Å². The van der Waals surface area contributed by atoms with Gasteiger partial charge in [0.15, 0.2) is 0 Å². The standard InChI is InChI=1S/C18H19N5O3S/c1-11-17(27-13(3)20-11)12(2)21(4)18(24)14-5-6-15(16(9-14)23(25)26)22-8-7-19-10-22/h5-10,12H,1-4H3. The lowest BCUT2D eigenvalue weighted by Gasteiger charge is -2.24. The molecule has 0 aliphatic carbocycles. The predicted molar refractivity (Wildman–Crippen MR) is 102 cm³/mol. The molecule has 8 nitrogen and oxygen atoms in total. The Labute approximate surface area is 160 Å². The minimum Gasteiger partial charge on any atom is -0.334 e. The number of hydrogen-bond donors (Lipinski definition) is 0. The molecule has 1 aromatic carbocycles. The highest BCUT2D eigenvalue weighted by atomic mass is 32.1. The van der Waals surface area contributed by atoms with E-state index in [1.807, 2.05) is 20.8 Å². The second-order valence-corrected chi connectivity index (χ2v) is 7.44. The van der Waals surface area contributed by atoms with Crippen molar-refractivity contribution in [2.45, 2.75) is 26.8 Å². The summed E-state index contributed by atoms with van der Waals surface area (Å²) in [7, 11) is 1.69. The van der Waals surface area contributed by atoms with E-state index in [-0.39, 0.29) is 23.2 Å². The highest BCUT2D eigenvalue weighted by Gasteiger charge is 2.25. The number of aromatic nitrogens is 3. The number of aryl methyl sites for hydroxylation is 2. The number of thiazole rings is 1. The van der Waals surface area contributed by atoms with Crippen LogP contribution < -0.4 is 0 Å². The summed E-state index contributed by atoms with van der Waals surface area (Å²) in [6.45, 7) is 5.76. The number of amides is 1. The minimum absolute atomic E-state index is 0.148. The number of carbonyl (C=O) groups excluding carboxylic acids is 1. The Bertz CT molecular complexity index is 997. The lowest BCUT2D eigenvalue weighted by atomic mass is 10.1. The first kappa shape index (κ1) is 18.7. The molecule has 0 bridgehead atoms. The van der Waals surface area contributed by atoms with Gasteiger partial charge in [0, 0.05) is 35.9 Å². The largest absolute Gasteiger partial charge is 0.334 e. The Balaban J connectivity index is 1.93. The molecule has 2 aromatic heterocycles. The van der Waals surface area contributed by atoms with Gasteiger partial charge in [-0.25, -0.2) is 9.97 Å². The van der Waals surface area contributed by atoms with E-state index in [4.69, 9.17) is 0 Å². The molecule has 0 saturated carbocycles. The number of rotatable bonds is 5. The van der Waals surface area contributed by atoms with Crippen molar-refractivity contribution in [2.75, 3.05) is 7.05 Å². The summed E-state index contributed by atoms with van der Waals surface area (Å²) in [4.78, 5) is 34.8. The molecule has 0 fully saturated rings. The first-order valence-corrected chi connectivity index (χ1v) is 9.09. The number of nitrogens with zero attached hydrogens (tertiary/aromatic N) is 5. The highest BCUT2D eigenvalue weighted by Crippen LogP contribution is 2.30. The Kier molecular flexibility index (Phi) is 5.04. The molecular weight excluding hydrogens is 366 g/mol. The fourth-order valence-electron chi connectivity index (χ4n) is 2.91. The van der Waals surface area contributed by atoms with E-state index in [2.05, 4.69) is 9.97 Å². The second-order valence-electron chi connectivity index (χ2n) is 6.21. The smallest absolute Gasteiger partial charge is 0.294 e. The number of nitro groups is 1. The summed E-state index contributed by atoms with van der Waals surface area (Å²) in [5.41, 5.74) is 1.37. The van der Waals surface area contributed by atoms with Crippen molar-refractivity contribution in [3.8, 4) is 5.69 Å². The first-order chi connectivity index (χ1) is 12.8. The summed E-state index contributed by atoms with van der Waals surface area (Å²) < 4.78 is 1.54. The molecule has 2 heterocycles. The average molecular weight is 385 g/mol. The maximum atomic E-state index is 12.9. The third kappa shape index (κ3) is 3.59. The number of carbonyl (C=O) groups is 1. The van der Waals surface area contributed by atoms with E-state index in [9.17, 15) is 14.9 Å². The molecular formula is C18H19N5O3S. The molecule has 140 valence electrons. The summed E-state index contributed by atoms with van der Waals surface area (Å²) in [5.74, 6) is -0.284. The van der Waals surface area contributed by atoms with Gasteiger partial charge in [0.05, 0.1) is 28.0 Å². The average Bonchev–Trinajstić information content (AvgIpc) is 3.28. The normalized spacial score (nSPS) is 12.0. The quantitative estimate of drug-likeness (QED) is 0.493. The van der Waals surface area contributed by atoms with Crippen LogP contribution in [-0.2, 0) is 0 Å². The van der Waals surface area contributed by atoms with E-state index in [1.165, 1.54) is 18.6 Å². The zero-order chi connectivity index (χ0) is 19.7. The molecule has 0 aliphatic heterocycles. The van der Waals surface area contributed by atoms with Gasteiger partial charge in [0.1, 0.15) is 5.69 Å². The fraction of sp³-hybridized carbons (Fsp3) is 0.278. The van der Waals surface area contributed by atoms with Crippen LogP contribution in [-0.4, -0.2) is 37.3 Å². The molecule has 1 amide bonds. The van der Waals surface area contributed by atoms with Crippen molar-refractivity contribution in [3.63, 3.8) is 0 Å². The summed E-state index contributed by atoms with van der Waals surface area (Å²) in [6.07, 6.45) is 4.64. The van der Waals surface area contributed by atoms with Crippen LogP contribution in [0.5, 0.6) is 0 Å². The van der Waals surface area contributed by atoms with Crippen molar-refractivity contribution >= 4 is 22.9 Å². The van der Waals surface area contributed by atoms with Crippen LogP contribution in [0.1, 0.15) is 38.9 Å². The highest BCUT2D eigenvalue weighted by molar-refractivity contribution is 7.11. The van der Waals surface area contributed by atoms with Crippen LogP contribution in [0.4, 0.5) is 5.69 Å². The summed E-state index contributed by atoms with van der Waals surface area (Å²) in [6, 6.07) is 4.29. The molecule has 0 saturated heterocycles. The van der Waals surface area contributed by atoms with Gasteiger partial charge in [0.2, 0.25) is 0 Å². The molecule has 0 aliphatic rings. The van der Waals surface area contributed by atoms with Gasteiger partial charge in [-0.15, -0.1) is 11.3 Å². The van der Waals surface area contributed by atoms with Crippen molar-refractivity contribution in [2.24, 2.45) is 0 Å². The van der Waals surface area contributed by atoms with Gasteiger partial charge < -0.3 is 9.47 Å². The lowest BCUT2D eigenvalue weighted by molar-refractivity contribution is -0.384. The Morgan fingerprint density at radius 3 is 2.67 bits per heavy atom. The minimum atomic E-state index is -0.494. The Morgan fingerprint density at radius 2 is 2.11 bits per heavy atom. The summed E-state index contributed by atoms with van der Waals surface area (Å²) in [5, 5.41) is 12.4. The van der Waals surface area contributed by atoms with Gasteiger partial charge in [-0.2, -0.15) is 0 Å². The lowest BCUT2D eigenvalue weighted by Crippen LogP contribution is -2.29. The van der Waals surface area contributed by atoms with Crippen molar-refractivity contribution in [1.82, 2.24) is 19.4 Å². The third-order valence-electron chi connectivity index (χ3n) is 4.42. The van der Waals surface area contributed by atoms with Crippen LogP contribution in [0, 0.1) is 24.0 Å². The van der Waals surface area contributed by atoms with Crippen LogP contribution in [0.3, 0.4) is 0 Å². The Morgan fingerprint density at radius 1 is 1.37 bits per heavy atom. The molecule has 0 radical (unpaired) electrons. The van der Waals surface area contributed by atoms with Gasteiger partial charge in [-0.1, -0.05) is 0 Å². The molecule has 9 heteroatoms. The topological polar surface area (TPSA) is 94.2 Å². The molecule has 3 aromatic rings.